The molecule has 1 saturated heterocycles. The van der Waals surface area contributed by atoms with E-state index in [4.69, 9.17) is 4.74 Å². The minimum absolute atomic E-state index is 0.109. The molecule has 1 fully saturated rings. The summed E-state index contributed by atoms with van der Waals surface area (Å²) in [6.07, 6.45) is 5.75. The average molecular weight is 311 g/mol. The number of rotatable bonds is 2. The van der Waals surface area contributed by atoms with Crippen LogP contribution in [0.15, 0.2) is 20.5 Å². The standard InChI is InChI=1S/C13H15BrN2O2/c14-12-8-16(7-9-1-3-18-4-2-9)13(17)11-6-15-5-10(11)12/h5,8-9H,1-4,6-7H2. The Balaban J connectivity index is 1.89. The molecule has 0 spiro atoms. The normalized spacial score (nSPS) is 19.2. The number of aliphatic imine (C=N–C) groups is 1. The zero-order chi connectivity index (χ0) is 12.5. The van der Waals surface area contributed by atoms with E-state index >= 15 is 0 Å². The van der Waals surface area contributed by atoms with Crippen LogP contribution in [0, 0.1) is 5.92 Å². The summed E-state index contributed by atoms with van der Waals surface area (Å²) in [7, 11) is 0. The van der Waals surface area contributed by atoms with Gasteiger partial charge in [0.25, 0.3) is 5.56 Å². The molecule has 1 aromatic rings. The molecule has 0 bridgehead atoms. The Morgan fingerprint density at radius 2 is 2.22 bits per heavy atom. The van der Waals surface area contributed by atoms with Crippen molar-refractivity contribution in [1.29, 1.82) is 0 Å². The van der Waals surface area contributed by atoms with Gasteiger partial charge in [0.2, 0.25) is 0 Å². The van der Waals surface area contributed by atoms with Crippen molar-refractivity contribution >= 4 is 22.1 Å². The number of fused-ring (bicyclic) bond motifs is 1. The van der Waals surface area contributed by atoms with Gasteiger partial charge in [-0.15, -0.1) is 0 Å². The van der Waals surface area contributed by atoms with E-state index in [-0.39, 0.29) is 5.56 Å². The van der Waals surface area contributed by atoms with Gasteiger partial charge in [0.05, 0.1) is 6.54 Å². The molecular weight excluding hydrogens is 296 g/mol. The Hall–Kier alpha value is -0.940. The average Bonchev–Trinajstić information content (AvgIpc) is 2.87. The van der Waals surface area contributed by atoms with Gasteiger partial charge in [0.15, 0.2) is 0 Å². The first-order chi connectivity index (χ1) is 8.75. The van der Waals surface area contributed by atoms with E-state index < -0.39 is 0 Å². The van der Waals surface area contributed by atoms with Crippen molar-refractivity contribution < 1.29 is 4.74 Å². The Morgan fingerprint density at radius 3 is 3.00 bits per heavy atom. The smallest absolute Gasteiger partial charge is 0.256 e. The molecule has 0 atom stereocenters. The zero-order valence-electron chi connectivity index (χ0n) is 10.1. The maximum atomic E-state index is 12.3. The molecular formula is C13H15BrN2O2. The summed E-state index contributed by atoms with van der Waals surface area (Å²) in [4.78, 5) is 16.5. The molecule has 0 amide bonds. The van der Waals surface area contributed by atoms with Crippen molar-refractivity contribution in [2.75, 3.05) is 13.2 Å². The fourth-order valence-corrected chi connectivity index (χ4v) is 3.15. The quantitative estimate of drug-likeness (QED) is 0.838. The highest BCUT2D eigenvalue weighted by atomic mass is 79.9. The minimum Gasteiger partial charge on any atom is -0.381 e. The summed E-state index contributed by atoms with van der Waals surface area (Å²) >= 11 is 3.52. The van der Waals surface area contributed by atoms with Crippen LogP contribution >= 0.6 is 15.9 Å². The summed E-state index contributed by atoms with van der Waals surface area (Å²) < 4.78 is 8.14. The molecule has 0 radical (unpaired) electrons. The van der Waals surface area contributed by atoms with Crippen LogP contribution in [0.3, 0.4) is 0 Å². The maximum absolute atomic E-state index is 12.3. The van der Waals surface area contributed by atoms with E-state index in [0.29, 0.717) is 12.5 Å². The lowest BCUT2D eigenvalue weighted by Gasteiger charge is -2.23. The summed E-state index contributed by atoms with van der Waals surface area (Å²) in [6.45, 7) is 2.93. The van der Waals surface area contributed by atoms with Gasteiger partial charge in [-0.2, -0.15) is 0 Å². The van der Waals surface area contributed by atoms with E-state index in [9.17, 15) is 4.79 Å². The Morgan fingerprint density at radius 1 is 1.44 bits per heavy atom. The van der Waals surface area contributed by atoms with Crippen LogP contribution in [0.4, 0.5) is 0 Å². The third-order valence-electron chi connectivity index (χ3n) is 3.64. The fourth-order valence-electron chi connectivity index (χ4n) is 2.56. The van der Waals surface area contributed by atoms with Gasteiger partial charge in [-0.1, -0.05) is 0 Å². The molecule has 0 aliphatic carbocycles. The first-order valence-electron chi connectivity index (χ1n) is 6.25. The number of nitrogens with zero attached hydrogens (tertiary/aromatic N) is 2. The Bertz CT molecular complexity index is 545. The minimum atomic E-state index is 0.109. The lowest BCUT2D eigenvalue weighted by molar-refractivity contribution is 0.0609. The number of ether oxygens (including phenoxy) is 1. The molecule has 96 valence electrons. The Labute approximate surface area is 114 Å². The third kappa shape index (κ3) is 2.17. The molecule has 1 aromatic heterocycles. The number of hydrogen-bond acceptors (Lipinski definition) is 3. The van der Waals surface area contributed by atoms with E-state index in [1.807, 2.05) is 10.8 Å². The van der Waals surface area contributed by atoms with Crippen LogP contribution < -0.4 is 5.56 Å². The fraction of sp³-hybridized carbons (Fsp3) is 0.538. The molecule has 3 heterocycles. The van der Waals surface area contributed by atoms with E-state index in [2.05, 4.69) is 20.9 Å². The third-order valence-corrected chi connectivity index (χ3v) is 4.27. The number of pyridine rings is 1. The second-order valence-electron chi connectivity index (χ2n) is 4.85. The molecule has 0 N–H and O–H groups in total. The first-order valence-corrected chi connectivity index (χ1v) is 7.04. The molecule has 0 saturated carbocycles. The summed E-state index contributed by atoms with van der Waals surface area (Å²) in [6, 6.07) is 0. The first kappa shape index (κ1) is 12.1. The van der Waals surface area contributed by atoms with E-state index in [0.717, 1.165) is 48.2 Å². The monoisotopic (exact) mass is 310 g/mol. The lowest BCUT2D eigenvalue weighted by atomic mass is 10.00. The van der Waals surface area contributed by atoms with Crippen molar-refractivity contribution in [3.63, 3.8) is 0 Å². The summed E-state index contributed by atoms with van der Waals surface area (Å²) in [5, 5.41) is 0. The molecule has 2 aliphatic heterocycles. The molecule has 18 heavy (non-hydrogen) atoms. The highest BCUT2D eigenvalue weighted by Crippen LogP contribution is 2.22. The van der Waals surface area contributed by atoms with E-state index in [1.165, 1.54) is 0 Å². The van der Waals surface area contributed by atoms with Crippen LogP contribution in [0.1, 0.15) is 24.0 Å². The van der Waals surface area contributed by atoms with Crippen LogP contribution in [0.25, 0.3) is 0 Å². The zero-order valence-corrected chi connectivity index (χ0v) is 11.6. The molecule has 4 nitrogen and oxygen atoms in total. The van der Waals surface area contributed by atoms with Crippen molar-refractivity contribution in [1.82, 2.24) is 4.57 Å². The van der Waals surface area contributed by atoms with Crippen molar-refractivity contribution in [2.45, 2.75) is 25.9 Å². The van der Waals surface area contributed by atoms with Crippen molar-refractivity contribution in [3.8, 4) is 0 Å². The summed E-state index contributed by atoms with van der Waals surface area (Å²) in [5.74, 6) is 0.545. The maximum Gasteiger partial charge on any atom is 0.256 e. The van der Waals surface area contributed by atoms with Gasteiger partial charge >= 0.3 is 0 Å². The molecule has 0 aromatic carbocycles. The summed E-state index contributed by atoms with van der Waals surface area (Å²) in [5.41, 5.74) is 1.87. The van der Waals surface area contributed by atoms with Gasteiger partial charge < -0.3 is 9.30 Å². The predicted molar refractivity (Wildman–Crippen MR) is 73.2 cm³/mol. The van der Waals surface area contributed by atoms with Gasteiger partial charge in [-0.3, -0.25) is 9.79 Å². The lowest BCUT2D eigenvalue weighted by Crippen LogP contribution is -2.29. The highest BCUT2D eigenvalue weighted by molar-refractivity contribution is 9.10. The van der Waals surface area contributed by atoms with E-state index in [1.54, 1.807) is 6.21 Å². The second-order valence-corrected chi connectivity index (χ2v) is 5.71. The van der Waals surface area contributed by atoms with Crippen molar-refractivity contribution in [2.24, 2.45) is 10.9 Å². The van der Waals surface area contributed by atoms with Crippen LogP contribution in [0.2, 0.25) is 0 Å². The topological polar surface area (TPSA) is 43.6 Å². The molecule has 5 heteroatoms. The predicted octanol–water partition coefficient (Wildman–Crippen LogP) is 1.97. The number of hydrogen-bond donors (Lipinski definition) is 0. The van der Waals surface area contributed by atoms with Crippen LogP contribution in [-0.2, 0) is 17.8 Å². The Kier molecular flexibility index (Phi) is 3.35. The van der Waals surface area contributed by atoms with Gasteiger partial charge in [-0.25, -0.2) is 0 Å². The molecule has 3 rings (SSSR count). The molecule has 2 aliphatic rings. The van der Waals surface area contributed by atoms with Crippen LogP contribution in [0.5, 0.6) is 0 Å². The van der Waals surface area contributed by atoms with Gasteiger partial charge in [-0.05, 0) is 34.7 Å². The largest absolute Gasteiger partial charge is 0.381 e. The second kappa shape index (κ2) is 4.97. The SMILES string of the molecule is O=c1c2c(c(Br)cn1CC1CCOCC1)C=NC2. The van der Waals surface area contributed by atoms with Crippen LogP contribution in [-0.4, -0.2) is 24.0 Å². The van der Waals surface area contributed by atoms with Crippen molar-refractivity contribution in [3.05, 3.63) is 32.2 Å². The van der Waals surface area contributed by atoms with Gasteiger partial charge in [0, 0.05) is 47.8 Å². The molecule has 0 unspecified atom stereocenters. The van der Waals surface area contributed by atoms with Gasteiger partial charge in [0.1, 0.15) is 0 Å². The number of halogens is 1. The highest BCUT2D eigenvalue weighted by Gasteiger charge is 2.19. The number of aromatic nitrogens is 1.